The normalized spacial score (nSPS) is 25.3. The highest BCUT2D eigenvalue weighted by Gasteiger charge is 2.43. The van der Waals surface area contributed by atoms with Crippen molar-refractivity contribution in [1.29, 1.82) is 0 Å². The molecule has 6 heteroatoms. The lowest BCUT2D eigenvalue weighted by molar-refractivity contribution is -0.183. The molecule has 1 fully saturated rings. The van der Waals surface area contributed by atoms with E-state index in [0.29, 0.717) is 18.7 Å². The summed E-state index contributed by atoms with van der Waals surface area (Å²) in [5.41, 5.74) is 7.40. The van der Waals surface area contributed by atoms with Crippen LogP contribution in [0.4, 0.5) is 19.0 Å². The molecule has 0 bridgehead atoms. The number of halogens is 3. The highest BCUT2D eigenvalue weighted by molar-refractivity contribution is 5.43. The van der Waals surface area contributed by atoms with Gasteiger partial charge < -0.3 is 5.73 Å². The molecule has 0 spiro atoms. The molecular weight excluding hydrogens is 243 g/mol. The van der Waals surface area contributed by atoms with Gasteiger partial charge in [-0.15, -0.1) is 0 Å². The number of alkyl halides is 3. The van der Waals surface area contributed by atoms with Gasteiger partial charge in [0.25, 0.3) is 0 Å². The van der Waals surface area contributed by atoms with Crippen molar-refractivity contribution in [3.8, 4) is 0 Å². The number of anilines is 1. The van der Waals surface area contributed by atoms with Crippen LogP contribution in [-0.4, -0.2) is 16.4 Å². The van der Waals surface area contributed by atoms with Crippen LogP contribution in [0.25, 0.3) is 0 Å². The van der Waals surface area contributed by atoms with Crippen LogP contribution in [-0.2, 0) is 6.42 Å². The van der Waals surface area contributed by atoms with Crippen LogP contribution < -0.4 is 5.73 Å². The summed E-state index contributed by atoms with van der Waals surface area (Å²) >= 11 is 0. The summed E-state index contributed by atoms with van der Waals surface area (Å²) in [4.78, 5) is 0. The van der Waals surface area contributed by atoms with E-state index in [9.17, 15) is 13.2 Å². The second-order valence-electron chi connectivity index (χ2n) is 4.96. The van der Waals surface area contributed by atoms with Gasteiger partial charge in [-0.25, -0.2) is 0 Å². The smallest absolute Gasteiger partial charge is 0.382 e. The zero-order chi connectivity index (χ0) is 13.3. The fourth-order valence-electron chi connectivity index (χ4n) is 2.85. The molecule has 0 amide bonds. The summed E-state index contributed by atoms with van der Waals surface area (Å²) in [5, 5.41) is 6.75. The van der Waals surface area contributed by atoms with Crippen LogP contribution in [0.5, 0.6) is 0 Å². The lowest BCUT2D eigenvalue weighted by atomic mass is 9.78. The second-order valence-corrected chi connectivity index (χ2v) is 4.96. The molecule has 1 aliphatic rings. The van der Waals surface area contributed by atoms with Crippen LogP contribution >= 0.6 is 0 Å². The standard InChI is InChI=1S/C12H18F3N3/c1-2-9-10(17-18-11(9)16)7-4-3-5-8(6-7)12(13,14)15/h7-8H,2-6H2,1H3,(H3,16,17,18). The Hall–Kier alpha value is -1.20. The highest BCUT2D eigenvalue weighted by atomic mass is 19.4. The molecule has 1 aliphatic carbocycles. The maximum Gasteiger partial charge on any atom is 0.391 e. The number of aromatic nitrogens is 2. The maximum atomic E-state index is 12.8. The first-order valence-corrected chi connectivity index (χ1v) is 6.32. The van der Waals surface area contributed by atoms with Crippen LogP contribution in [0, 0.1) is 5.92 Å². The zero-order valence-corrected chi connectivity index (χ0v) is 10.3. The van der Waals surface area contributed by atoms with E-state index in [2.05, 4.69) is 10.2 Å². The summed E-state index contributed by atoms with van der Waals surface area (Å²) < 4.78 is 38.3. The van der Waals surface area contributed by atoms with Gasteiger partial charge in [0.2, 0.25) is 0 Å². The number of nitrogen functional groups attached to an aromatic ring is 1. The lowest BCUT2D eigenvalue weighted by Gasteiger charge is -2.30. The van der Waals surface area contributed by atoms with Crippen LogP contribution in [0.1, 0.15) is 49.8 Å². The van der Waals surface area contributed by atoms with Crippen molar-refractivity contribution in [1.82, 2.24) is 10.2 Å². The molecule has 2 atom stereocenters. The van der Waals surface area contributed by atoms with Crippen molar-refractivity contribution in [3.63, 3.8) is 0 Å². The fraction of sp³-hybridized carbons (Fsp3) is 0.750. The van der Waals surface area contributed by atoms with E-state index in [0.717, 1.165) is 17.7 Å². The summed E-state index contributed by atoms with van der Waals surface area (Å²) in [5.74, 6) is -0.864. The average molecular weight is 261 g/mol. The molecule has 1 heterocycles. The minimum absolute atomic E-state index is 0.0925. The molecule has 0 aliphatic heterocycles. The minimum Gasteiger partial charge on any atom is -0.382 e. The van der Waals surface area contributed by atoms with Crippen molar-refractivity contribution in [2.24, 2.45) is 5.92 Å². The Morgan fingerprint density at radius 1 is 1.39 bits per heavy atom. The third kappa shape index (κ3) is 2.47. The monoisotopic (exact) mass is 261 g/mol. The van der Waals surface area contributed by atoms with Crippen LogP contribution in [0.3, 0.4) is 0 Å². The SMILES string of the molecule is CCc1c(N)n[nH]c1C1CCCC(C(F)(F)F)C1. The van der Waals surface area contributed by atoms with Crippen molar-refractivity contribution in [3.05, 3.63) is 11.3 Å². The predicted octanol–water partition coefficient (Wildman–Crippen LogP) is 3.39. The van der Waals surface area contributed by atoms with Gasteiger partial charge in [-0.3, -0.25) is 5.10 Å². The first-order chi connectivity index (χ1) is 8.43. The van der Waals surface area contributed by atoms with E-state index in [1.165, 1.54) is 0 Å². The van der Waals surface area contributed by atoms with Crippen molar-refractivity contribution in [2.45, 2.75) is 51.1 Å². The number of nitrogens with one attached hydrogen (secondary N) is 1. The number of hydrogen-bond donors (Lipinski definition) is 2. The van der Waals surface area contributed by atoms with Crippen molar-refractivity contribution in [2.75, 3.05) is 5.73 Å². The molecule has 2 rings (SSSR count). The molecule has 0 radical (unpaired) electrons. The quantitative estimate of drug-likeness (QED) is 0.857. The molecule has 3 N–H and O–H groups in total. The Kier molecular flexibility index (Phi) is 3.54. The van der Waals surface area contributed by atoms with E-state index in [1.54, 1.807) is 0 Å². The van der Waals surface area contributed by atoms with Crippen molar-refractivity contribution < 1.29 is 13.2 Å². The van der Waals surface area contributed by atoms with E-state index in [-0.39, 0.29) is 18.8 Å². The van der Waals surface area contributed by atoms with Gasteiger partial charge in [-0.1, -0.05) is 13.3 Å². The van der Waals surface area contributed by atoms with E-state index >= 15 is 0 Å². The number of aromatic amines is 1. The Morgan fingerprint density at radius 2 is 2.11 bits per heavy atom. The lowest BCUT2D eigenvalue weighted by Crippen LogP contribution is -2.28. The molecule has 18 heavy (non-hydrogen) atoms. The van der Waals surface area contributed by atoms with Gasteiger partial charge in [-0.2, -0.15) is 18.3 Å². The molecule has 102 valence electrons. The highest BCUT2D eigenvalue weighted by Crippen LogP contribution is 2.44. The molecule has 2 unspecified atom stereocenters. The molecular formula is C12H18F3N3. The van der Waals surface area contributed by atoms with Gasteiger partial charge in [0.1, 0.15) is 5.82 Å². The van der Waals surface area contributed by atoms with Gasteiger partial charge >= 0.3 is 6.18 Å². The predicted molar refractivity (Wildman–Crippen MR) is 63.1 cm³/mol. The Balaban J connectivity index is 2.18. The topological polar surface area (TPSA) is 54.7 Å². The maximum absolute atomic E-state index is 12.8. The largest absolute Gasteiger partial charge is 0.391 e. The van der Waals surface area contributed by atoms with Crippen molar-refractivity contribution >= 4 is 5.82 Å². The van der Waals surface area contributed by atoms with Gasteiger partial charge in [0, 0.05) is 17.2 Å². The second kappa shape index (κ2) is 4.82. The fourth-order valence-corrected chi connectivity index (χ4v) is 2.85. The zero-order valence-electron chi connectivity index (χ0n) is 10.3. The first-order valence-electron chi connectivity index (χ1n) is 6.32. The molecule has 3 nitrogen and oxygen atoms in total. The Labute approximate surface area is 104 Å². The van der Waals surface area contributed by atoms with Gasteiger partial charge in [-0.05, 0) is 25.7 Å². The number of nitrogens with two attached hydrogens (primary N) is 1. The Bertz CT molecular complexity index is 411. The molecule has 1 aromatic rings. The molecule has 1 aromatic heterocycles. The number of nitrogens with zero attached hydrogens (tertiary/aromatic N) is 1. The van der Waals surface area contributed by atoms with Crippen LogP contribution in [0.2, 0.25) is 0 Å². The number of H-pyrrole nitrogens is 1. The summed E-state index contributed by atoms with van der Waals surface area (Å²) in [6.45, 7) is 1.94. The van der Waals surface area contributed by atoms with Crippen LogP contribution in [0.15, 0.2) is 0 Å². The van der Waals surface area contributed by atoms with Gasteiger partial charge in [0.15, 0.2) is 0 Å². The molecule has 0 aromatic carbocycles. The number of rotatable bonds is 2. The van der Waals surface area contributed by atoms with E-state index in [1.807, 2.05) is 6.92 Å². The molecule has 1 saturated carbocycles. The third-order valence-electron chi connectivity index (χ3n) is 3.83. The first kappa shape index (κ1) is 13.2. The van der Waals surface area contributed by atoms with E-state index < -0.39 is 12.1 Å². The summed E-state index contributed by atoms with van der Waals surface area (Å²) in [6.07, 6.45) is -1.61. The van der Waals surface area contributed by atoms with Gasteiger partial charge in [0.05, 0.1) is 5.92 Å². The minimum atomic E-state index is -4.09. The van der Waals surface area contributed by atoms with E-state index in [4.69, 9.17) is 5.73 Å². The summed E-state index contributed by atoms with van der Waals surface area (Å²) in [7, 11) is 0. The third-order valence-corrected chi connectivity index (χ3v) is 3.83. The molecule has 0 saturated heterocycles. The number of hydrogen-bond acceptors (Lipinski definition) is 2. The summed E-state index contributed by atoms with van der Waals surface area (Å²) in [6, 6.07) is 0. The Morgan fingerprint density at radius 3 is 2.72 bits per heavy atom. The average Bonchev–Trinajstić information content (AvgIpc) is 2.69.